The molecule has 0 spiro atoms. The Bertz CT molecular complexity index is 558. The summed E-state index contributed by atoms with van der Waals surface area (Å²) in [6, 6.07) is 10.1. The molecule has 2 rings (SSSR count). The SMILES string of the molecule is COc1ccc(OC)c(C(C)NCCc2cccnc2)c1. The second kappa shape index (κ2) is 7.64. The van der Waals surface area contributed by atoms with E-state index in [4.69, 9.17) is 9.47 Å². The summed E-state index contributed by atoms with van der Waals surface area (Å²) in [7, 11) is 3.36. The zero-order chi connectivity index (χ0) is 15.1. The number of nitrogens with one attached hydrogen (secondary N) is 1. The molecule has 1 aromatic carbocycles. The number of hydrogen-bond donors (Lipinski definition) is 1. The zero-order valence-corrected chi connectivity index (χ0v) is 12.8. The average molecular weight is 286 g/mol. The third kappa shape index (κ3) is 4.20. The smallest absolute Gasteiger partial charge is 0.123 e. The molecule has 1 N–H and O–H groups in total. The minimum atomic E-state index is 0.187. The molecule has 21 heavy (non-hydrogen) atoms. The topological polar surface area (TPSA) is 43.4 Å². The molecule has 1 aromatic heterocycles. The van der Waals surface area contributed by atoms with Crippen molar-refractivity contribution in [2.75, 3.05) is 20.8 Å². The average Bonchev–Trinajstić information content (AvgIpc) is 2.55. The molecule has 0 radical (unpaired) electrons. The van der Waals surface area contributed by atoms with Gasteiger partial charge in [0.1, 0.15) is 11.5 Å². The summed E-state index contributed by atoms with van der Waals surface area (Å²) in [4.78, 5) is 4.13. The van der Waals surface area contributed by atoms with Crippen LogP contribution in [-0.4, -0.2) is 25.7 Å². The van der Waals surface area contributed by atoms with Gasteiger partial charge in [-0.3, -0.25) is 4.98 Å². The normalized spacial score (nSPS) is 12.0. The van der Waals surface area contributed by atoms with Gasteiger partial charge < -0.3 is 14.8 Å². The van der Waals surface area contributed by atoms with Gasteiger partial charge in [0.15, 0.2) is 0 Å². The molecular formula is C17H22N2O2. The molecule has 1 heterocycles. The number of nitrogens with zero attached hydrogens (tertiary/aromatic N) is 1. The predicted molar refractivity (Wildman–Crippen MR) is 83.9 cm³/mol. The maximum Gasteiger partial charge on any atom is 0.123 e. The van der Waals surface area contributed by atoms with Crippen LogP contribution in [0.25, 0.3) is 0 Å². The molecule has 0 saturated carbocycles. The van der Waals surface area contributed by atoms with Gasteiger partial charge in [-0.15, -0.1) is 0 Å². The van der Waals surface area contributed by atoms with Gasteiger partial charge in [0.2, 0.25) is 0 Å². The highest BCUT2D eigenvalue weighted by Crippen LogP contribution is 2.29. The highest BCUT2D eigenvalue weighted by atomic mass is 16.5. The summed E-state index contributed by atoms with van der Waals surface area (Å²) in [5.41, 5.74) is 2.33. The van der Waals surface area contributed by atoms with Crippen molar-refractivity contribution in [3.63, 3.8) is 0 Å². The standard InChI is InChI=1S/C17H22N2O2/c1-13(19-10-8-14-5-4-9-18-12-14)16-11-15(20-2)6-7-17(16)21-3/h4-7,9,11-13,19H,8,10H2,1-3H3. The van der Waals surface area contributed by atoms with Crippen LogP contribution >= 0.6 is 0 Å². The molecule has 1 atom stereocenters. The third-order valence-corrected chi connectivity index (χ3v) is 3.49. The second-order valence-corrected chi connectivity index (χ2v) is 4.89. The second-order valence-electron chi connectivity index (χ2n) is 4.89. The zero-order valence-electron chi connectivity index (χ0n) is 12.8. The molecular weight excluding hydrogens is 264 g/mol. The predicted octanol–water partition coefficient (Wildman–Crippen LogP) is 2.99. The Morgan fingerprint density at radius 1 is 1.19 bits per heavy atom. The van der Waals surface area contributed by atoms with E-state index in [0.29, 0.717) is 0 Å². The molecule has 0 aliphatic carbocycles. The van der Waals surface area contributed by atoms with Crippen molar-refractivity contribution in [1.29, 1.82) is 0 Å². The van der Waals surface area contributed by atoms with E-state index in [9.17, 15) is 0 Å². The van der Waals surface area contributed by atoms with Gasteiger partial charge in [-0.25, -0.2) is 0 Å². The first-order valence-electron chi connectivity index (χ1n) is 7.09. The fourth-order valence-corrected chi connectivity index (χ4v) is 2.27. The maximum absolute atomic E-state index is 5.43. The summed E-state index contributed by atoms with van der Waals surface area (Å²) in [6.45, 7) is 3.01. The quantitative estimate of drug-likeness (QED) is 0.849. The van der Waals surface area contributed by atoms with Crippen molar-refractivity contribution in [2.45, 2.75) is 19.4 Å². The molecule has 4 heteroatoms. The van der Waals surface area contributed by atoms with Crippen molar-refractivity contribution in [3.8, 4) is 11.5 Å². The lowest BCUT2D eigenvalue weighted by Gasteiger charge is -2.18. The van der Waals surface area contributed by atoms with Crippen molar-refractivity contribution in [2.24, 2.45) is 0 Å². The highest BCUT2D eigenvalue weighted by Gasteiger charge is 2.12. The van der Waals surface area contributed by atoms with Gasteiger partial charge in [0.05, 0.1) is 14.2 Å². The van der Waals surface area contributed by atoms with Crippen molar-refractivity contribution in [3.05, 3.63) is 53.9 Å². The van der Waals surface area contributed by atoms with Crippen LogP contribution in [-0.2, 0) is 6.42 Å². The van der Waals surface area contributed by atoms with E-state index in [2.05, 4.69) is 23.3 Å². The number of methoxy groups -OCH3 is 2. The fourth-order valence-electron chi connectivity index (χ4n) is 2.27. The molecule has 4 nitrogen and oxygen atoms in total. The molecule has 0 amide bonds. The van der Waals surface area contributed by atoms with E-state index < -0.39 is 0 Å². The van der Waals surface area contributed by atoms with Crippen LogP contribution < -0.4 is 14.8 Å². The van der Waals surface area contributed by atoms with Crippen LogP contribution in [0.5, 0.6) is 11.5 Å². The van der Waals surface area contributed by atoms with Crippen LogP contribution in [0.4, 0.5) is 0 Å². The Morgan fingerprint density at radius 2 is 2.05 bits per heavy atom. The number of benzene rings is 1. The fraction of sp³-hybridized carbons (Fsp3) is 0.353. The van der Waals surface area contributed by atoms with Crippen LogP contribution in [0.2, 0.25) is 0 Å². The molecule has 1 unspecified atom stereocenters. The van der Waals surface area contributed by atoms with Crippen LogP contribution in [0.1, 0.15) is 24.1 Å². The van der Waals surface area contributed by atoms with E-state index in [1.54, 1.807) is 20.4 Å². The van der Waals surface area contributed by atoms with E-state index in [1.165, 1.54) is 5.56 Å². The van der Waals surface area contributed by atoms with Crippen molar-refractivity contribution < 1.29 is 9.47 Å². The minimum absolute atomic E-state index is 0.187. The van der Waals surface area contributed by atoms with Crippen LogP contribution in [0, 0.1) is 0 Å². The van der Waals surface area contributed by atoms with Gasteiger partial charge >= 0.3 is 0 Å². The van der Waals surface area contributed by atoms with E-state index >= 15 is 0 Å². The van der Waals surface area contributed by atoms with Crippen molar-refractivity contribution in [1.82, 2.24) is 10.3 Å². The van der Waals surface area contributed by atoms with Crippen LogP contribution in [0.15, 0.2) is 42.7 Å². The Morgan fingerprint density at radius 3 is 2.71 bits per heavy atom. The van der Waals surface area contributed by atoms with Gasteiger partial charge in [-0.1, -0.05) is 6.07 Å². The van der Waals surface area contributed by atoms with Gasteiger partial charge in [0.25, 0.3) is 0 Å². The molecule has 0 aliphatic rings. The Hall–Kier alpha value is -2.07. The third-order valence-electron chi connectivity index (χ3n) is 3.49. The summed E-state index contributed by atoms with van der Waals surface area (Å²) < 4.78 is 10.7. The lowest BCUT2D eigenvalue weighted by atomic mass is 10.1. The van der Waals surface area contributed by atoms with Gasteiger partial charge in [0, 0.05) is 24.0 Å². The number of pyridine rings is 1. The Labute approximate surface area is 126 Å². The number of aromatic nitrogens is 1. The van der Waals surface area contributed by atoms with Gasteiger partial charge in [-0.2, -0.15) is 0 Å². The first-order valence-corrected chi connectivity index (χ1v) is 7.09. The summed E-state index contributed by atoms with van der Waals surface area (Å²) in [6.07, 6.45) is 4.64. The first-order chi connectivity index (χ1) is 10.2. The van der Waals surface area contributed by atoms with Crippen molar-refractivity contribution >= 4 is 0 Å². The molecule has 0 saturated heterocycles. The highest BCUT2D eigenvalue weighted by molar-refractivity contribution is 5.42. The van der Waals surface area contributed by atoms with Gasteiger partial charge in [-0.05, 0) is 49.7 Å². The maximum atomic E-state index is 5.43. The lowest BCUT2D eigenvalue weighted by Crippen LogP contribution is -2.22. The Kier molecular flexibility index (Phi) is 5.58. The molecule has 0 aliphatic heterocycles. The minimum Gasteiger partial charge on any atom is -0.497 e. The van der Waals surface area contributed by atoms with E-state index in [-0.39, 0.29) is 6.04 Å². The van der Waals surface area contributed by atoms with E-state index in [0.717, 1.165) is 30.0 Å². The molecule has 2 aromatic rings. The molecule has 112 valence electrons. The van der Waals surface area contributed by atoms with E-state index in [1.807, 2.05) is 30.5 Å². The molecule has 0 fully saturated rings. The Balaban J connectivity index is 1.97. The number of hydrogen-bond acceptors (Lipinski definition) is 4. The molecule has 0 bridgehead atoms. The van der Waals surface area contributed by atoms with Crippen LogP contribution in [0.3, 0.4) is 0 Å². The summed E-state index contributed by atoms with van der Waals surface area (Å²) >= 11 is 0. The summed E-state index contributed by atoms with van der Waals surface area (Å²) in [5.74, 6) is 1.71. The summed E-state index contributed by atoms with van der Waals surface area (Å²) in [5, 5.41) is 3.51. The lowest BCUT2D eigenvalue weighted by molar-refractivity contribution is 0.392. The first kappa shape index (κ1) is 15.3. The number of ether oxygens (including phenoxy) is 2. The monoisotopic (exact) mass is 286 g/mol. The number of rotatable bonds is 7. The largest absolute Gasteiger partial charge is 0.497 e.